The molecular formula is C22H21F3N6OS. The fraction of sp³-hybridized carbons (Fsp3) is 0.318. The number of aromatic nitrogens is 5. The third-order valence-corrected chi connectivity index (χ3v) is 6.08. The summed E-state index contributed by atoms with van der Waals surface area (Å²) in [7, 11) is 0. The third kappa shape index (κ3) is 4.45. The molecule has 0 saturated heterocycles. The number of halogens is 3. The minimum atomic E-state index is -4.68. The van der Waals surface area contributed by atoms with Gasteiger partial charge in [0.05, 0.1) is 12.1 Å². The summed E-state index contributed by atoms with van der Waals surface area (Å²) in [6.45, 7) is 9.30. The van der Waals surface area contributed by atoms with E-state index in [4.69, 9.17) is 0 Å². The van der Waals surface area contributed by atoms with Crippen LogP contribution in [-0.4, -0.2) is 30.5 Å². The van der Waals surface area contributed by atoms with Crippen LogP contribution in [0.25, 0.3) is 17.0 Å². The Hall–Kier alpha value is -3.34. The zero-order chi connectivity index (χ0) is 24.1. The van der Waals surface area contributed by atoms with E-state index < -0.39 is 12.0 Å². The highest BCUT2D eigenvalue weighted by Gasteiger charge is 2.37. The van der Waals surface area contributed by atoms with E-state index in [0.717, 1.165) is 26.9 Å². The number of anilines is 1. The Morgan fingerprint density at radius 3 is 2.36 bits per heavy atom. The second kappa shape index (κ2) is 8.22. The molecule has 1 amide bonds. The summed E-state index contributed by atoms with van der Waals surface area (Å²) >= 11 is 1.31. The molecule has 1 aromatic carbocycles. The molecule has 0 spiro atoms. The standard InChI is InChI=1S/C22H21F3N6OS/c1-10-6-11(2)18(12(3)7-10)16-9-33-21(27-16)28-17(32)8-15-13(4)26-20-29-19(22(23,24)25)30-31(20)14(15)5/h6-7,9H,8H2,1-5H3,(H,27,28,32). The maximum Gasteiger partial charge on any atom is 0.453 e. The van der Waals surface area contributed by atoms with Crippen LogP contribution in [0.5, 0.6) is 0 Å². The summed E-state index contributed by atoms with van der Waals surface area (Å²) in [6, 6.07) is 4.17. The van der Waals surface area contributed by atoms with Gasteiger partial charge in [-0.25, -0.2) is 14.5 Å². The van der Waals surface area contributed by atoms with E-state index in [1.807, 2.05) is 26.2 Å². The lowest BCUT2D eigenvalue weighted by atomic mass is 9.98. The molecule has 33 heavy (non-hydrogen) atoms. The number of carbonyl (C=O) groups excluding carboxylic acids is 1. The first-order chi connectivity index (χ1) is 15.4. The number of nitrogens with zero attached hydrogens (tertiary/aromatic N) is 5. The van der Waals surface area contributed by atoms with Crippen molar-refractivity contribution in [2.24, 2.45) is 0 Å². The second-order valence-electron chi connectivity index (χ2n) is 7.94. The molecule has 3 aromatic heterocycles. The summed E-state index contributed by atoms with van der Waals surface area (Å²) in [6.07, 6.45) is -4.76. The van der Waals surface area contributed by atoms with Crippen LogP contribution in [-0.2, 0) is 17.4 Å². The fourth-order valence-electron chi connectivity index (χ4n) is 3.94. The molecule has 0 aliphatic heterocycles. The van der Waals surface area contributed by atoms with Crippen molar-refractivity contribution in [3.8, 4) is 11.3 Å². The number of alkyl halides is 3. The van der Waals surface area contributed by atoms with Gasteiger partial charge in [0, 0.05) is 27.9 Å². The van der Waals surface area contributed by atoms with Crippen molar-refractivity contribution in [2.75, 3.05) is 5.32 Å². The number of nitrogens with one attached hydrogen (secondary N) is 1. The number of fused-ring (bicyclic) bond motifs is 1. The smallest absolute Gasteiger partial charge is 0.302 e. The van der Waals surface area contributed by atoms with E-state index >= 15 is 0 Å². The summed E-state index contributed by atoms with van der Waals surface area (Å²) in [4.78, 5) is 24.8. The van der Waals surface area contributed by atoms with Crippen molar-refractivity contribution in [3.05, 3.63) is 57.0 Å². The van der Waals surface area contributed by atoms with E-state index in [9.17, 15) is 18.0 Å². The van der Waals surface area contributed by atoms with E-state index in [1.165, 1.54) is 16.9 Å². The summed E-state index contributed by atoms with van der Waals surface area (Å²) in [5.74, 6) is -1.78. The van der Waals surface area contributed by atoms with Gasteiger partial charge in [-0.3, -0.25) is 4.79 Å². The Morgan fingerprint density at radius 1 is 1.06 bits per heavy atom. The first-order valence-electron chi connectivity index (χ1n) is 10.1. The minimum Gasteiger partial charge on any atom is -0.302 e. The van der Waals surface area contributed by atoms with Gasteiger partial charge < -0.3 is 5.32 Å². The first-order valence-corrected chi connectivity index (χ1v) is 11.0. The molecular weight excluding hydrogens is 453 g/mol. The van der Waals surface area contributed by atoms with Gasteiger partial charge in [0.2, 0.25) is 5.91 Å². The molecule has 4 aromatic rings. The molecule has 0 aliphatic carbocycles. The van der Waals surface area contributed by atoms with Gasteiger partial charge in [-0.1, -0.05) is 17.7 Å². The molecule has 172 valence electrons. The van der Waals surface area contributed by atoms with Crippen molar-refractivity contribution >= 4 is 28.2 Å². The minimum absolute atomic E-state index is 0.0840. The molecule has 0 aliphatic rings. The van der Waals surface area contributed by atoms with Crippen LogP contribution in [0.4, 0.5) is 18.3 Å². The van der Waals surface area contributed by atoms with Gasteiger partial charge in [-0.15, -0.1) is 16.4 Å². The second-order valence-corrected chi connectivity index (χ2v) is 8.80. The van der Waals surface area contributed by atoms with Gasteiger partial charge in [-0.05, 0) is 45.7 Å². The fourth-order valence-corrected chi connectivity index (χ4v) is 4.66. The number of hydrogen-bond acceptors (Lipinski definition) is 6. The molecule has 0 bridgehead atoms. The maximum atomic E-state index is 13.0. The molecule has 11 heteroatoms. The van der Waals surface area contributed by atoms with E-state index in [0.29, 0.717) is 22.1 Å². The average Bonchev–Trinajstić information content (AvgIpc) is 3.31. The Labute approximate surface area is 191 Å². The highest BCUT2D eigenvalue weighted by molar-refractivity contribution is 7.14. The van der Waals surface area contributed by atoms with Crippen LogP contribution in [0.2, 0.25) is 0 Å². The van der Waals surface area contributed by atoms with Crippen molar-refractivity contribution in [2.45, 2.75) is 47.2 Å². The number of thiazole rings is 1. The van der Waals surface area contributed by atoms with E-state index in [-0.39, 0.29) is 18.1 Å². The van der Waals surface area contributed by atoms with Gasteiger partial charge >= 0.3 is 6.18 Å². The number of benzene rings is 1. The molecule has 0 unspecified atom stereocenters. The Balaban J connectivity index is 1.57. The maximum absolute atomic E-state index is 13.0. The van der Waals surface area contributed by atoms with Gasteiger partial charge in [0.15, 0.2) is 5.13 Å². The zero-order valence-corrected chi connectivity index (χ0v) is 19.4. The largest absolute Gasteiger partial charge is 0.453 e. The van der Waals surface area contributed by atoms with Crippen LogP contribution in [0.15, 0.2) is 17.5 Å². The van der Waals surface area contributed by atoms with E-state index in [2.05, 4.69) is 37.5 Å². The van der Waals surface area contributed by atoms with Gasteiger partial charge in [0.25, 0.3) is 11.6 Å². The summed E-state index contributed by atoms with van der Waals surface area (Å²) < 4.78 is 39.9. The zero-order valence-electron chi connectivity index (χ0n) is 18.6. The predicted octanol–water partition coefficient (Wildman–Crippen LogP) is 4.99. The lowest BCUT2D eigenvalue weighted by Gasteiger charge is -2.10. The van der Waals surface area contributed by atoms with Gasteiger partial charge in [0.1, 0.15) is 0 Å². The number of aryl methyl sites for hydroxylation is 5. The number of amides is 1. The molecule has 4 rings (SSSR count). The summed E-state index contributed by atoms with van der Waals surface area (Å²) in [5, 5.41) is 8.62. The SMILES string of the molecule is Cc1cc(C)c(-c2csc(NC(=O)Cc3c(C)nc4nc(C(F)(F)F)nn4c3C)n2)c(C)c1. The van der Waals surface area contributed by atoms with Crippen molar-refractivity contribution in [1.82, 2.24) is 24.6 Å². The topological polar surface area (TPSA) is 85.1 Å². The predicted molar refractivity (Wildman–Crippen MR) is 119 cm³/mol. The number of hydrogen-bond donors (Lipinski definition) is 1. The van der Waals surface area contributed by atoms with Crippen LogP contribution >= 0.6 is 11.3 Å². The van der Waals surface area contributed by atoms with Crippen molar-refractivity contribution < 1.29 is 18.0 Å². The lowest BCUT2D eigenvalue weighted by Crippen LogP contribution is -2.17. The Morgan fingerprint density at radius 2 is 1.73 bits per heavy atom. The van der Waals surface area contributed by atoms with Crippen molar-refractivity contribution in [1.29, 1.82) is 0 Å². The summed E-state index contributed by atoms with van der Waals surface area (Å²) in [5.41, 5.74) is 6.47. The lowest BCUT2D eigenvalue weighted by molar-refractivity contribution is -0.144. The highest BCUT2D eigenvalue weighted by Crippen LogP contribution is 2.31. The number of rotatable bonds is 4. The van der Waals surface area contributed by atoms with Crippen LogP contribution < -0.4 is 5.32 Å². The van der Waals surface area contributed by atoms with Crippen LogP contribution in [0, 0.1) is 34.6 Å². The highest BCUT2D eigenvalue weighted by atomic mass is 32.1. The van der Waals surface area contributed by atoms with Gasteiger partial charge in [-0.2, -0.15) is 18.2 Å². The normalized spacial score (nSPS) is 11.9. The average molecular weight is 475 g/mol. The molecule has 0 radical (unpaired) electrons. The molecule has 7 nitrogen and oxygen atoms in total. The monoisotopic (exact) mass is 474 g/mol. The number of carbonyl (C=O) groups is 1. The molecule has 0 saturated carbocycles. The molecule has 0 fully saturated rings. The van der Waals surface area contributed by atoms with Crippen LogP contribution in [0.3, 0.4) is 0 Å². The Bertz CT molecular complexity index is 1370. The molecule has 1 N–H and O–H groups in total. The van der Waals surface area contributed by atoms with Crippen LogP contribution in [0.1, 0.15) is 39.5 Å². The quantitative estimate of drug-likeness (QED) is 0.450. The van der Waals surface area contributed by atoms with E-state index in [1.54, 1.807) is 13.8 Å². The Kier molecular flexibility index (Phi) is 5.69. The third-order valence-electron chi connectivity index (χ3n) is 5.32. The molecule has 0 atom stereocenters. The van der Waals surface area contributed by atoms with Crippen molar-refractivity contribution in [3.63, 3.8) is 0 Å². The first kappa shape index (κ1) is 22.8. The molecule has 3 heterocycles.